The second-order valence-corrected chi connectivity index (χ2v) is 4.78. The average molecular weight is 314 g/mol. The number of esters is 1. The van der Waals surface area contributed by atoms with Gasteiger partial charge < -0.3 is 10.1 Å². The highest BCUT2D eigenvalue weighted by atomic mass is 16.6. The number of amides is 1. The van der Waals surface area contributed by atoms with Crippen LogP contribution in [0.3, 0.4) is 0 Å². The van der Waals surface area contributed by atoms with Gasteiger partial charge in [0, 0.05) is 22.9 Å². The molecule has 1 N–H and O–H groups in total. The number of aryl methyl sites for hydroxylation is 1. The lowest BCUT2D eigenvalue weighted by Gasteiger charge is -2.07. The smallest absolute Gasteiger partial charge is 0.337 e. The monoisotopic (exact) mass is 314 g/mol. The van der Waals surface area contributed by atoms with Gasteiger partial charge in [-0.3, -0.25) is 14.9 Å². The molecule has 7 nitrogen and oxygen atoms in total. The van der Waals surface area contributed by atoms with Gasteiger partial charge in [0.2, 0.25) is 0 Å². The van der Waals surface area contributed by atoms with Crippen LogP contribution in [-0.4, -0.2) is 23.9 Å². The maximum atomic E-state index is 12.1. The lowest BCUT2D eigenvalue weighted by Crippen LogP contribution is -2.12. The van der Waals surface area contributed by atoms with Gasteiger partial charge in [0.15, 0.2) is 0 Å². The summed E-state index contributed by atoms with van der Waals surface area (Å²) in [4.78, 5) is 33.9. The molecular weight excluding hydrogens is 300 g/mol. The summed E-state index contributed by atoms with van der Waals surface area (Å²) in [5.41, 5.74) is 1.42. The lowest BCUT2D eigenvalue weighted by atomic mass is 10.1. The first kappa shape index (κ1) is 16.2. The van der Waals surface area contributed by atoms with Crippen molar-refractivity contribution in [2.24, 2.45) is 0 Å². The first-order valence-corrected chi connectivity index (χ1v) is 6.67. The Bertz CT molecular complexity index is 769. The maximum Gasteiger partial charge on any atom is 0.337 e. The van der Waals surface area contributed by atoms with Gasteiger partial charge in [-0.05, 0) is 37.3 Å². The molecule has 0 spiro atoms. The zero-order valence-corrected chi connectivity index (χ0v) is 12.5. The van der Waals surface area contributed by atoms with Gasteiger partial charge in [-0.2, -0.15) is 0 Å². The summed E-state index contributed by atoms with van der Waals surface area (Å²) >= 11 is 0. The zero-order valence-electron chi connectivity index (χ0n) is 12.5. The molecule has 0 aliphatic rings. The Balaban J connectivity index is 2.17. The van der Waals surface area contributed by atoms with Crippen molar-refractivity contribution in [2.45, 2.75) is 6.92 Å². The molecule has 1 amide bonds. The molecule has 0 aliphatic heterocycles. The minimum atomic E-state index is -0.504. The molecule has 0 bridgehead atoms. The highest BCUT2D eigenvalue weighted by Crippen LogP contribution is 2.22. The Hall–Kier alpha value is -3.22. The van der Waals surface area contributed by atoms with Crippen molar-refractivity contribution in [1.82, 2.24) is 0 Å². The number of carbonyl (C=O) groups excluding carboxylic acids is 2. The lowest BCUT2D eigenvalue weighted by molar-refractivity contribution is -0.385. The Kier molecular flexibility index (Phi) is 4.70. The number of anilines is 1. The van der Waals surface area contributed by atoms with Gasteiger partial charge >= 0.3 is 5.97 Å². The van der Waals surface area contributed by atoms with E-state index in [9.17, 15) is 19.7 Å². The van der Waals surface area contributed by atoms with Crippen molar-refractivity contribution in [2.75, 3.05) is 12.4 Å². The van der Waals surface area contributed by atoms with Crippen molar-refractivity contribution >= 4 is 23.3 Å². The minimum absolute atomic E-state index is 0.0659. The molecule has 0 saturated heterocycles. The molecular formula is C16H14N2O5. The summed E-state index contributed by atoms with van der Waals surface area (Å²) in [5.74, 6) is -0.925. The second kappa shape index (κ2) is 6.69. The predicted octanol–water partition coefficient (Wildman–Crippen LogP) is 2.94. The topological polar surface area (TPSA) is 98.5 Å². The van der Waals surface area contributed by atoms with Crippen LogP contribution in [0.5, 0.6) is 0 Å². The van der Waals surface area contributed by atoms with Gasteiger partial charge in [-0.1, -0.05) is 6.07 Å². The van der Waals surface area contributed by atoms with Crippen LogP contribution in [0.4, 0.5) is 11.4 Å². The van der Waals surface area contributed by atoms with Crippen LogP contribution in [0.1, 0.15) is 26.3 Å². The number of benzene rings is 2. The molecule has 0 radical (unpaired) electrons. The SMILES string of the molecule is COC(=O)c1ccc(C(=O)Nc2ccc(C)c([N+](=O)[O-])c2)cc1. The maximum absolute atomic E-state index is 12.1. The van der Waals surface area contributed by atoms with Crippen LogP contribution >= 0.6 is 0 Å². The predicted molar refractivity (Wildman–Crippen MR) is 83.6 cm³/mol. The van der Waals surface area contributed by atoms with E-state index >= 15 is 0 Å². The summed E-state index contributed by atoms with van der Waals surface area (Å²) in [7, 11) is 1.27. The number of ether oxygens (including phenoxy) is 1. The van der Waals surface area contributed by atoms with Crippen LogP contribution in [0, 0.1) is 17.0 Å². The summed E-state index contributed by atoms with van der Waals surface area (Å²) in [6.45, 7) is 1.62. The van der Waals surface area contributed by atoms with Gasteiger partial charge in [0.05, 0.1) is 17.6 Å². The molecule has 0 heterocycles. The number of rotatable bonds is 4. The fourth-order valence-electron chi connectivity index (χ4n) is 1.96. The summed E-state index contributed by atoms with van der Waals surface area (Å²) < 4.78 is 4.58. The number of nitro groups is 1. The quantitative estimate of drug-likeness (QED) is 0.531. The summed E-state index contributed by atoms with van der Waals surface area (Å²) in [5, 5.41) is 13.5. The number of nitrogens with one attached hydrogen (secondary N) is 1. The van der Waals surface area contributed by atoms with Gasteiger partial charge in [0.25, 0.3) is 11.6 Å². The molecule has 0 atom stereocenters. The molecule has 2 rings (SSSR count). The molecule has 2 aromatic rings. The first-order valence-electron chi connectivity index (χ1n) is 6.67. The molecule has 7 heteroatoms. The molecule has 0 aliphatic carbocycles. The van der Waals surface area contributed by atoms with Crippen LogP contribution in [-0.2, 0) is 4.74 Å². The van der Waals surface area contributed by atoms with Crippen LogP contribution in [0.2, 0.25) is 0 Å². The Morgan fingerprint density at radius 1 is 1.09 bits per heavy atom. The van der Waals surface area contributed by atoms with Crippen molar-refractivity contribution in [3.63, 3.8) is 0 Å². The summed E-state index contributed by atoms with van der Waals surface area (Å²) in [6, 6.07) is 10.3. The molecule has 2 aromatic carbocycles. The van der Waals surface area contributed by atoms with Crippen molar-refractivity contribution in [3.05, 3.63) is 69.3 Å². The van der Waals surface area contributed by atoms with E-state index in [2.05, 4.69) is 10.1 Å². The zero-order chi connectivity index (χ0) is 17.0. The highest BCUT2D eigenvalue weighted by Gasteiger charge is 2.13. The fourth-order valence-corrected chi connectivity index (χ4v) is 1.96. The number of nitro benzene ring substituents is 1. The van der Waals surface area contributed by atoms with E-state index in [0.717, 1.165) is 0 Å². The van der Waals surface area contributed by atoms with E-state index in [1.54, 1.807) is 19.1 Å². The average Bonchev–Trinajstić information content (AvgIpc) is 2.55. The number of hydrogen-bond donors (Lipinski definition) is 1. The van der Waals surface area contributed by atoms with Crippen molar-refractivity contribution in [3.8, 4) is 0 Å². The molecule has 118 valence electrons. The van der Waals surface area contributed by atoms with Crippen LogP contribution in [0.25, 0.3) is 0 Å². The van der Waals surface area contributed by atoms with E-state index in [0.29, 0.717) is 22.4 Å². The Morgan fingerprint density at radius 2 is 1.70 bits per heavy atom. The fraction of sp³-hybridized carbons (Fsp3) is 0.125. The Morgan fingerprint density at radius 3 is 2.26 bits per heavy atom. The minimum Gasteiger partial charge on any atom is -0.465 e. The van der Waals surface area contributed by atoms with E-state index in [4.69, 9.17) is 0 Å². The molecule has 0 saturated carbocycles. The number of methoxy groups -OCH3 is 1. The standard InChI is InChI=1S/C16H14N2O5/c1-10-3-8-13(9-14(10)18(21)22)17-15(19)11-4-6-12(7-5-11)16(20)23-2/h3-9H,1-2H3,(H,17,19). The largest absolute Gasteiger partial charge is 0.465 e. The van der Waals surface area contributed by atoms with E-state index in [1.165, 1.54) is 37.4 Å². The first-order chi connectivity index (χ1) is 10.9. The summed E-state index contributed by atoms with van der Waals surface area (Å²) in [6.07, 6.45) is 0. The third kappa shape index (κ3) is 3.70. The number of hydrogen-bond acceptors (Lipinski definition) is 5. The van der Waals surface area contributed by atoms with Gasteiger partial charge in [-0.15, -0.1) is 0 Å². The normalized spacial score (nSPS) is 10.0. The second-order valence-electron chi connectivity index (χ2n) is 4.78. The van der Waals surface area contributed by atoms with Gasteiger partial charge in [-0.25, -0.2) is 4.79 Å². The molecule has 0 aromatic heterocycles. The highest BCUT2D eigenvalue weighted by molar-refractivity contribution is 6.05. The third-order valence-electron chi connectivity index (χ3n) is 3.23. The Labute approximate surface area is 132 Å². The molecule has 23 heavy (non-hydrogen) atoms. The van der Waals surface area contributed by atoms with Crippen LogP contribution in [0.15, 0.2) is 42.5 Å². The molecule has 0 fully saturated rings. The van der Waals surface area contributed by atoms with E-state index in [-0.39, 0.29) is 5.69 Å². The van der Waals surface area contributed by atoms with E-state index < -0.39 is 16.8 Å². The third-order valence-corrected chi connectivity index (χ3v) is 3.23. The van der Waals surface area contributed by atoms with Crippen LogP contribution < -0.4 is 5.32 Å². The van der Waals surface area contributed by atoms with Crippen molar-refractivity contribution in [1.29, 1.82) is 0 Å². The van der Waals surface area contributed by atoms with Crippen molar-refractivity contribution < 1.29 is 19.2 Å². The van der Waals surface area contributed by atoms with Gasteiger partial charge in [0.1, 0.15) is 0 Å². The number of nitrogens with zero attached hydrogens (tertiary/aromatic N) is 1. The number of carbonyl (C=O) groups is 2. The molecule has 0 unspecified atom stereocenters. The van der Waals surface area contributed by atoms with E-state index in [1.807, 2.05) is 0 Å².